The molecule has 2 rings (SSSR count). The molecule has 106 valence electrons. The van der Waals surface area contributed by atoms with E-state index in [1.54, 1.807) is 0 Å². The van der Waals surface area contributed by atoms with Crippen molar-refractivity contribution in [3.05, 3.63) is 0 Å². The first-order valence-corrected chi connectivity index (χ1v) is 7.58. The Morgan fingerprint density at radius 3 is 2.61 bits per heavy atom. The van der Waals surface area contributed by atoms with Gasteiger partial charge >= 0.3 is 0 Å². The monoisotopic (exact) mass is 254 g/mol. The van der Waals surface area contributed by atoms with Crippen molar-refractivity contribution in [3.8, 4) is 0 Å². The summed E-state index contributed by atoms with van der Waals surface area (Å²) in [4.78, 5) is 2.64. The number of ether oxygens (including phenoxy) is 1. The molecule has 1 saturated carbocycles. The molecular weight excluding hydrogens is 224 g/mol. The molecule has 1 N–H and O–H groups in total. The highest BCUT2D eigenvalue weighted by atomic mass is 16.5. The van der Waals surface area contributed by atoms with Gasteiger partial charge in [0.05, 0.1) is 5.60 Å². The predicted molar refractivity (Wildman–Crippen MR) is 76.0 cm³/mol. The van der Waals surface area contributed by atoms with Crippen molar-refractivity contribution in [1.29, 1.82) is 0 Å². The number of methoxy groups -OCH3 is 1. The van der Waals surface area contributed by atoms with Crippen molar-refractivity contribution in [2.45, 2.75) is 63.5 Å². The van der Waals surface area contributed by atoms with Crippen molar-refractivity contribution in [2.24, 2.45) is 0 Å². The number of piperazine rings is 1. The molecule has 1 aliphatic carbocycles. The van der Waals surface area contributed by atoms with Crippen LogP contribution in [0, 0.1) is 0 Å². The Labute approximate surface area is 112 Å². The van der Waals surface area contributed by atoms with Crippen LogP contribution in [0.2, 0.25) is 0 Å². The zero-order valence-electron chi connectivity index (χ0n) is 12.4. The molecule has 1 saturated heterocycles. The van der Waals surface area contributed by atoms with Crippen LogP contribution in [0.25, 0.3) is 0 Å². The van der Waals surface area contributed by atoms with Gasteiger partial charge in [-0.05, 0) is 33.1 Å². The van der Waals surface area contributed by atoms with Crippen LogP contribution in [0.3, 0.4) is 0 Å². The van der Waals surface area contributed by atoms with E-state index in [-0.39, 0.29) is 5.60 Å². The molecule has 1 heterocycles. The summed E-state index contributed by atoms with van der Waals surface area (Å²) in [6, 6.07) is 0. The van der Waals surface area contributed by atoms with E-state index in [0.717, 1.165) is 13.0 Å². The molecule has 1 aliphatic heterocycles. The maximum atomic E-state index is 5.52. The molecule has 2 fully saturated rings. The van der Waals surface area contributed by atoms with Gasteiger partial charge in [0.2, 0.25) is 0 Å². The summed E-state index contributed by atoms with van der Waals surface area (Å²) in [7, 11) is 1.82. The fourth-order valence-corrected chi connectivity index (χ4v) is 3.33. The van der Waals surface area contributed by atoms with Crippen LogP contribution in [-0.4, -0.2) is 49.3 Å². The van der Waals surface area contributed by atoms with Gasteiger partial charge in [-0.1, -0.05) is 19.3 Å². The Morgan fingerprint density at radius 1 is 1.22 bits per heavy atom. The summed E-state index contributed by atoms with van der Waals surface area (Å²) in [6.45, 7) is 9.14. The first-order valence-electron chi connectivity index (χ1n) is 7.58. The van der Waals surface area contributed by atoms with Crippen LogP contribution >= 0.6 is 0 Å². The lowest BCUT2D eigenvalue weighted by Crippen LogP contribution is -2.61. The van der Waals surface area contributed by atoms with Crippen LogP contribution in [-0.2, 0) is 4.74 Å². The molecule has 0 atom stereocenters. The third kappa shape index (κ3) is 3.69. The molecular formula is C15H30N2O. The SMILES string of the molecule is COC(C)(C)CCN1CCNC2(CCCCC2)C1. The van der Waals surface area contributed by atoms with Crippen molar-refractivity contribution in [1.82, 2.24) is 10.2 Å². The minimum Gasteiger partial charge on any atom is -0.379 e. The summed E-state index contributed by atoms with van der Waals surface area (Å²) in [5.41, 5.74) is 0.457. The number of rotatable bonds is 4. The molecule has 0 aromatic carbocycles. The highest BCUT2D eigenvalue weighted by molar-refractivity contribution is 4.96. The summed E-state index contributed by atoms with van der Waals surface area (Å²) in [5, 5.41) is 3.80. The zero-order valence-corrected chi connectivity index (χ0v) is 12.4. The Balaban J connectivity index is 1.83. The molecule has 3 heteroatoms. The molecule has 0 radical (unpaired) electrons. The minimum atomic E-state index is 0.0185. The lowest BCUT2D eigenvalue weighted by Gasteiger charge is -2.46. The molecule has 3 nitrogen and oxygen atoms in total. The molecule has 0 unspecified atom stereocenters. The maximum Gasteiger partial charge on any atom is 0.0634 e. The van der Waals surface area contributed by atoms with Gasteiger partial charge in [0.1, 0.15) is 0 Å². The lowest BCUT2D eigenvalue weighted by atomic mass is 9.80. The third-order valence-electron chi connectivity index (χ3n) is 4.85. The normalized spacial score (nSPS) is 25.5. The Kier molecular flexibility index (Phi) is 4.68. The van der Waals surface area contributed by atoms with Gasteiger partial charge in [-0.25, -0.2) is 0 Å². The van der Waals surface area contributed by atoms with Gasteiger partial charge < -0.3 is 15.0 Å². The van der Waals surface area contributed by atoms with Crippen LogP contribution in [0.4, 0.5) is 0 Å². The minimum absolute atomic E-state index is 0.0185. The zero-order chi connectivity index (χ0) is 13.1. The topological polar surface area (TPSA) is 24.5 Å². The third-order valence-corrected chi connectivity index (χ3v) is 4.85. The van der Waals surface area contributed by atoms with Crippen molar-refractivity contribution in [3.63, 3.8) is 0 Å². The van der Waals surface area contributed by atoms with Crippen molar-refractivity contribution < 1.29 is 4.74 Å². The average molecular weight is 254 g/mol. The first kappa shape index (κ1) is 14.3. The standard InChI is InChI=1S/C15H30N2O/c1-14(2,18-3)9-11-17-12-10-16-15(13-17)7-5-4-6-8-15/h16H,4-13H2,1-3H3. The van der Waals surface area contributed by atoms with E-state index in [1.807, 2.05) is 7.11 Å². The molecule has 2 aliphatic rings. The Hall–Kier alpha value is -0.120. The number of hydrogen-bond acceptors (Lipinski definition) is 3. The van der Waals surface area contributed by atoms with E-state index >= 15 is 0 Å². The molecule has 1 spiro atoms. The van der Waals surface area contributed by atoms with E-state index in [1.165, 1.54) is 51.7 Å². The van der Waals surface area contributed by atoms with E-state index in [4.69, 9.17) is 4.74 Å². The quantitative estimate of drug-likeness (QED) is 0.834. The van der Waals surface area contributed by atoms with Gasteiger partial charge in [-0.15, -0.1) is 0 Å². The molecule has 18 heavy (non-hydrogen) atoms. The molecule has 0 aromatic rings. The largest absolute Gasteiger partial charge is 0.379 e. The number of nitrogens with zero attached hydrogens (tertiary/aromatic N) is 1. The Bertz CT molecular complexity index is 254. The summed E-state index contributed by atoms with van der Waals surface area (Å²) >= 11 is 0. The highest BCUT2D eigenvalue weighted by Crippen LogP contribution is 2.30. The smallest absolute Gasteiger partial charge is 0.0634 e. The maximum absolute atomic E-state index is 5.52. The second-order valence-electron chi connectivity index (χ2n) is 6.76. The molecule has 0 aromatic heterocycles. The van der Waals surface area contributed by atoms with Gasteiger partial charge in [0.25, 0.3) is 0 Å². The van der Waals surface area contributed by atoms with Gasteiger partial charge in [0.15, 0.2) is 0 Å². The molecule has 0 bridgehead atoms. The van der Waals surface area contributed by atoms with Crippen molar-refractivity contribution >= 4 is 0 Å². The number of nitrogens with one attached hydrogen (secondary N) is 1. The summed E-state index contributed by atoms with van der Waals surface area (Å²) < 4.78 is 5.52. The lowest BCUT2D eigenvalue weighted by molar-refractivity contribution is 0.000446. The Morgan fingerprint density at radius 2 is 1.94 bits per heavy atom. The second kappa shape index (κ2) is 5.89. The van der Waals surface area contributed by atoms with Crippen LogP contribution in [0.1, 0.15) is 52.4 Å². The average Bonchev–Trinajstić information content (AvgIpc) is 2.38. The van der Waals surface area contributed by atoms with E-state index < -0.39 is 0 Å². The van der Waals surface area contributed by atoms with E-state index in [2.05, 4.69) is 24.1 Å². The van der Waals surface area contributed by atoms with E-state index in [0.29, 0.717) is 5.54 Å². The first-order chi connectivity index (χ1) is 8.55. The fourth-order valence-electron chi connectivity index (χ4n) is 3.33. The summed E-state index contributed by atoms with van der Waals surface area (Å²) in [6.07, 6.45) is 8.11. The van der Waals surface area contributed by atoms with Gasteiger partial charge in [-0.2, -0.15) is 0 Å². The van der Waals surface area contributed by atoms with Crippen LogP contribution in [0.5, 0.6) is 0 Å². The van der Waals surface area contributed by atoms with Crippen molar-refractivity contribution in [2.75, 3.05) is 33.3 Å². The van der Waals surface area contributed by atoms with E-state index in [9.17, 15) is 0 Å². The second-order valence-corrected chi connectivity index (χ2v) is 6.76. The summed E-state index contributed by atoms with van der Waals surface area (Å²) in [5.74, 6) is 0. The van der Waals surface area contributed by atoms with Crippen LogP contribution in [0.15, 0.2) is 0 Å². The fraction of sp³-hybridized carbons (Fsp3) is 1.00. The molecule has 0 amide bonds. The van der Waals surface area contributed by atoms with Crippen LogP contribution < -0.4 is 5.32 Å². The number of hydrogen-bond donors (Lipinski definition) is 1. The highest BCUT2D eigenvalue weighted by Gasteiger charge is 2.36. The predicted octanol–water partition coefficient (Wildman–Crippen LogP) is 2.41. The van der Waals surface area contributed by atoms with Gasteiger partial charge in [-0.3, -0.25) is 0 Å². The van der Waals surface area contributed by atoms with Gasteiger partial charge in [0, 0.05) is 38.8 Å².